The zero-order valence-electron chi connectivity index (χ0n) is 9.64. The van der Waals surface area contributed by atoms with Gasteiger partial charge in [0.25, 0.3) is 0 Å². The molecule has 0 aliphatic heterocycles. The van der Waals surface area contributed by atoms with Crippen LogP contribution < -0.4 is 0 Å². The normalized spacial score (nSPS) is 15.4. The standard InChI is InChI=1S/C11H14N4S2/c1-2-9-12-8(5-16-9)6-17-11-13-10(14-15-11)7-3-4-7/h5,7H,2-4,6H2,1H3,(H,13,14,15). The van der Waals surface area contributed by atoms with E-state index in [0.29, 0.717) is 5.92 Å². The van der Waals surface area contributed by atoms with Crippen LogP contribution in [0.15, 0.2) is 10.5 Å². The monoisotopic (exact) mass is 266 g/mol. The summed E-state index contributed by atoms with van der Waals surface area (Å²) in [6.45, 7) is 2.13. The minimum Gasteiger partial charge on any atom is -0.262 e. The third kappa shape index (κ3) is 2.69. The second-order valence-electron chi connectivity index (χ2n) is 4.15. The van der Waals surface area contributed by atoms with Crippen molar-refractivity contribution >= 4 is 23.1 Å². The summed E-state index contributed by atoms with van der Waals surface area (Å²) in [6, 6.07) is 0. The van der Waals surface area contributed by atoms with Gasteiger partial charge in [-0.25, -0.2) is 9.97 Å². The number of hydrogen-bond acceptors (Lipinski definition) is 5. The highest BCUT2D eigenvalue weighted by atomic mass is 32.2. The number of nitrogens with zero attached hydrogens (tertiary/aromatic N) is 3. The maximum absolute atomic E-state index is 4.53. The zero-order valence-corrected chi connectivity index (χ0v) is 11.3. The van der Waals surface area contributed by atoms with Crippen LogP contribution in [0.5, 0.6) is 0 Å². The molecule has 17 heavy (non-hydrogen) atoms. The van der Waals surface area contributed by atoms with Gasteiger partial charge in [-0.1, -0.05) is 18.7 Å². The van der Waals surface area contributed by atoms with Crippen molar-refractivity contribution in [2.75, 3.05) is 0 Å². The minimum atomic E-state index is 0.641. The minimum absolute atomic E-state index is 0.641. The molecule has 0 radical (unpaired) electrons. The van der Waals surface area contributed by atoms with Crippen molar-refractivity contribution in [3.8, 4) is 0 Å². The average molecular weight is 266 g/mol. The fourth-order valence-corrected chi connectivity index (χ4v) is 3.13. The Balaban J connectivity index is 1.58. The topological polar surface area (TPSA) is 54.5 Å². The van der Waals surface area contributed by atoms with Crippen LogP contribution in [-0.2, 0) is 12.2 Å². The Morgan fingerprint density at radius 3 is 3.06 bits per heavy atom. The summed E-state index contributed by atoms with van der Waals surface area (Å²) in [7, 11) is 0. The van der Waals surface area contributed by atoms with Gasteiger partial charge in [0.2, 0.25) is 5.16 Å². The summed E-state index contributed by atoms with van der Waals surface area (Å²) in [5.41, 5.74) is 1.13. The van der Waals surface area contributed by atoms with E-state index < -0.39 is 0 Å². The largest absolute Gasteiger partial charge is 0.262 e. The Bertz CT molecular complexity index is 501. The van der Waals surface area contributed by atoms with Crippen LogP contribution in [-0.4, -0.2) is 20.2 Å². The Morgan fingerprint density at radius 2 is 2.35 bits per heavy atom. The fourth-order valence-electron chi connectivity index (χ4n) is 1.58. The summed E-state index contributed by atoms with van der Waals surface area (Å²) >= 11 is 3.39. The van der Waals surface area contributed by atoms with Gasteiger partial charge in [-0.15, -0.1) is 16.4 Å². The molecule has 0 amide bonds. The van der Waals surface area contributed by atoms with Crippen molar-refractivity contribution in [1.29, 1.82) is 0 Å². The van der Waals surface area contributed by atoms with Crippen molar-refractivity contribution in [2.45, 2.75) is 43.0 Å². The van der Waals surface area contributed by atoms with E-state index in [2.05, 4.69) is 32.5 Å². The number of hydrogen-bond donors (Lipinski definition) is 1. The third-order valence-electron chi connectivity index (χ3n) is 2.70. The van der Waals surface area contributed by atoms with Gasteiger partial charge in [0.1, 0.15) is 5.82 Å². The van der Waals surface area contributed by atoms with Gasteiger partial charge < -0.3 is 0 Å². The smallest absolute Gasteiger partial charge is 0.208 e. The lowest BCUT2D eigenvalue weighted by Crippen LogP contribution is -1.84. The predicted octanol–water partition coefficient (Wildman–Crippen LogP) is 2.99. The summed E-state index contributed by atoms with van der Waals surface area (Å²) in [5, 5.41) is 11.4. The summed E-state index contributed by atoms with van der Waals surface area (Å²) < 4.78 is 0. The van der Waals surface area contributed by atoms with Crippen LogP contribution in [0, 0.1) is 0 Å². The highest BCUT2D eigenvalue weighted by Gasteiger charge is 2.27. The van der Waals surface area contributed by atoms with Crippen LogP contribution in [0.1, 0.15) is 42.2 Å². The fraction of sp³-hybridized carbons (Fsp3) is 0.545. The highest BCUT2D eigenvalue weighted by molar-refractivity contribution is 7.98. The van der Waals surface area contributed by atoms with Crippen LogP contribution in [0.3, 0.4) is 0 Å². The van der Waals surface area contributed by atoms with Gasteiger partial charge in [-0.05, 0) is 19.3 Å². The Morgan fingerprint density at radius 1 is 1.47 bits per heavy atom. The molecule has 0 saturated heterocycles. The molecule has 90 valence electrons. The molecule has 1 aliphatic carbocycles. The molecule has 1 fully saturated rings. The molecule has 1 N–H and O–H groups in total. The lowest BCUT2D eigenvalue weighted by atomic mass is 10.4. The van der Waals surface area contributed by atoms with Gasteiger partial charge in [-0.3, -0.25) is 5.10 Å². The first-order valence-corrected chi connectivity index (χ1v) is 7.70. The summed E-state index contributed by atoms with van der Waals surface area (Å²) in [5.74, 6) is 2.56. The van der Waals surface area contributed by atoms with Gasteiger partial charge in [0.15, 0.2) is 0 Å². The van der Waals surface area contributed by atoms with Crippen molar-refractivity contribution < 1.29 is 0 Å². The molecule has 3 rings (SSSR count). The molecule has 2 aromatic rings. The van der Waals surface area contributed by atoms with Gasteiger partial charge in [0.05, 0.1) is 10.7 Å². The molecular formula is C11H14N4S2. The Kier molecular flexibility index (Phi) is 3.15. The van der Waals surface area contributed by atoms with E-state index >= 15 is 0 Å². The van der Waals surface area contributed by atoms with Crippen LogP contribution in [0.4, 0.5) is 0 Å². The quantitative estimate of drug-likeness (QED) is 0.845. The van der Waals surface area contributed by atoms with Crippen molar-refractivity contribution in [3.05, 3.63) is 21.9 Å². The third-order valence-corrected chi connectivity index (χ3v) is 4.62. The number of thiazole rings is 1. The van der Waals surface area contributed by atoms with E-state index in [-0.39, 0.29) is 0 Å². The molecule has 2 aromatic heterocycles. The number of aromatic nitrogens is 4. The first-order valence-electron chi connectivity index (χ1n) is 5.83. The number of aromatic amines is 1. The molecule has 0 unspecified atom stereocenters. The van der Waals surface area contributed by atoms with E-state index in [4.69, 9.17) is 0 Å². The van der Waals surface area contributed by atoms with Gasteiger partial charge >= 0.3 is 0 Å². The predicted molar refractivity (Wildman–Crippen MR) is 69.4 cm³/mol. The molecule has 6 heteroatoms. The van der Waals surface area contributed by atoms with Crippen molar-refractivity contribution in [3.63, 3.8) is 0 Å². The summed E-state index contributed by atoms with van der Waals surface area (Å²) in [6.07, 6.45) is 3.53. The maximum atomic E-state index is 4.53. The molecule has 0 spiro atoms. The first-order chi connectivity index (χ1) is 8.35. The van der Waals surface area contributed by atoms with E-state index in [1.54, 1.807) is 23.1 Å². The van der Waals surface area contributed by atoms with E-state index in [1.165, 1.54) is 17.8 Å². The van der Waals surface area contributed by atoms with Crippen molar-refractivity contribution in [1.82, 2.24) is 20.2 Å². The van der Waals surface area contributed by atoms with Crippen LogP contribution >= 0.6 is 23.1 Å². The molecule has 2 heterocycles. The number of aryl methyl sites for hydroxylation is 1. The molecule has 0 atom stereocenters. The Labute approximate surface area is 108 Å². The molecule has 1 saturated carbocycles. The zero-order chi connectivity index (χ0) is 11.7. The van der Waals surface area contributed by atoms with Gasteiger partial charge in [-0.2, -0.15) is 0 Å². The lowest BCUT2D eigenvalue weighted by molar-refractivity contribution is 0.932. The van der Waals surface area contributed by atoms with Crippen molar-refractivity contribution in [2.24, 2.45) is 0 Å². The van der Waals surface area contributed by atoms with Crippen LogP contribution in [0.2, 0.25) is 0 Å². The van der Waals surface area contributed by atoms with E-state index in [0.717, 1.165) is 28.8 Å². The highest BCUT2D eigenvalue weighted by Crippen LogP contribution is 2.38. The number of thioether (sulfide) groups is 1. The number of nitrogens with one attached hydrogen (secondary N) is 1. The van der Waals surface area contributed by atoms with Gasteiger partial charge in [0, 0.05) is 17.1 Å². The molecular weight excluding hydrogens is 252 g/mol. The molecule has 0 bridgehead atoms. The Hall–Kier alpha value is -0.880. The second kappa shape index (κ2) is 4.78. The lowest BCUT2D eigenvalue weighted by Gasteiger charge is -1.92. The van der Waals surface area contributed by atoms with Crippen LogP contribution in [0.25, 0.3) is 0 Å². The second-order valence-corrected chi connectivity index (χ2v) is 6.04. The number of rotatable bonds is 5. The average Bonchev–Trinajstić information content (AvgIpc) is 2.93. The molecule has 1 aliphatic rings. The number of H-pyrrole nitrogens is 1. The van der Waals surface area contributed by atoms with E-state index in [9.17, 15) is 0 Å². The maximum Gasteiger partial charge on any atom is 0.208 e. The SMILES string of the molecule is CCc1nc(CSc2n[nH]c(C3CC3)n2)cs1. The molecule has 0 aromatic carbocycles. The summed E-state index contributed by atoms with van der Waals surface area (Å²) in [4.78, 5) is 9.02. The van der Waals surface area contributed by atoms with E-state index in [1.807, 2.05) is 0 Å². The molecule has 4 nitrogen and oxygen atoms in total. The first kappa shape index (κ1) is 11.2.